The van der Waals surface area contributed by atoms with Crippen molar-refractivity contribution in [2.75, 3.05) is 12.4 Å². The first-order valence-electron chi connectivity index (χ1n) is 6.30. The highest BCUT2D eigenvalue weighted by Crippen LogP contribution is 2.17. The lowest BCUT2D eigenvalue weighted by molar-refractivity contribution is -0.139. The lowest BCUT2D eigenvalue weighted by Crippen LogP contribution is -2.06. The zero-order chi connectivity index (χ0) is 15.9. The number of aromatic nitrogens is 3. The largest absolute Gasteiger partial charge is 0.504 e. The number of allylic oxidation sites excluding steroid dienone is 1. The molecule has 0 amide bonds. The second-order valence-electron chi connectivity index (χ2n) is 3.93. The Labute approximate surface area is 134 Å². The highest BCUT2D eigenvalue weighted by atomic mass is 32.2. The van der Waals surface area contributed by atoms with Gasteiger partial charge in [0.2, 0.25) is 5.16 Å². The third kappa shape index (κ3) is 4.43. The number of thiophene rings is 1. The molecule has 2 aromatic rings. The molecule has 0 saturated heterocycles. The van der Waals surface area contributed by atoms with Crippen LogP contribution in [0.5, 0.6) is 0 Å². The van der Waals surface area contributed by atoms with Crippen molar-refractivity contribution in [2.45, 2.75) is 12.1 Å². The Kier molecular flexibility index (Phi) is 5.73. The number of hydrogen-bond donors (Lipinski definition) is 2. The van der Waals surface area contributed by atoms with E-state index < -0.39 is 0 Å². The summed E-state index contributed by atoms with van der Waals surface area (Å²) in [5.41, 5.74) is 0. The highest BCUT2D eigenvalue weighted by molar-refractivity contribution is 7.99. The van der Waals surface area contributed by atoms with Crippen LogP contribution in [-0.2, 0) is 9.53 Å². The molecule has 2 aromatic heterocycles. The van der Waals surface area contributed by atoms with E-state index in [0.717, 1.165) is 17.8 Å². The quantitative estimate of drug-likeness (QED) is 0.262. The number of aliphatic hydroxyl groups excluding tert-OH is 1. The molecule has 0 aromatic carbocycles. The fourth-order valence-corrected chi connectivity index (χ4v) is 2.67. The van der Waals surface area contributed by atoms with Gasteiger partial charge in [-0.25, -0.2) is 0 Å². The van der Waals surface area contributed by atoms with E-state index in [1.165, 1.54) is 11.3 Å². The monoisotopic (exact) mass is 339 g/mol. The Balaban J connectivity index is 1.98. The fourth-order valence-electron chi connectivity index (χ4n) is 1.43. The maximum absolute atomic E-state index is 11.8. The highest BCUT2D eigenvalue weighted by Gasteiger charge is 2.12. The lowest BCUT2D eigenvalue weighted by Gasteiger charge is -1.98. The minimum atomic E-state index is -0.369. The first-order chi connectivity index (χ1) is 10.6. The van der Waals surface area contributed by atoms with Gasteiger partial charge < -0.3 is 9.84 Å². The van der Waals surface area contributed by atoms with Crippen LogP contribution < -0.4 is 0 Å². The Hall–Kier alpha value is -2.13. The second kappa shape index (κ2) is 7.76. The molecule has 116 valence electrons. The van der Waals surface area contributed by atoms with E-state index in [2.05, 4.69) is 15.2 Å². The van der Waals surface area contributed by atoms with E-state index in [9.17, 15) is 14.7 Å². The van der Waals surface area contributed by atoms with Gasteiger partial charge in [-0.15, -0.1) is 16.4 Å². The number of hydrogen-bond acceptors (Lipinski definition) is 8. The first-order valence-corrected chi connectivity index (χ1v) is 8.16. The van der Waals surface area contributed by atoms with E-state index in [4.69, 9.17) is 4.74 Å². The third-order valence-electron chi connectivity index (χ3n) is 2.36. The maximum Gasteiger partial charge on any atom is 0.316 e. The van der Waals surface area contributed by atoms with Gasteiger partial charge in [0.05, 0.1) is 17.2 Å². The summed E-state index contributed by atoms with van der Waals surface area (Å²) >= 11 is 2.36. The summed E-state index contributed by atoms with van der Waals surface area (Å²) in [6, 6.07) is 3.42. The van der Waals surface area contributed by atoms with Gasteiger partial charge in [-0.05, 0) is 18.4 Å². The molecule has 0 unspecified atom stereocenters. The average molecular weight is 339 g/mol. The van der Waals surface area contributed by atoms with Gasteiger partial charge in [0.25, 0.3) is 0 Å². The van der Waals surface area contributed by atoms with Crippen molar-refractivity contribution in [2.24, 2.45) is 0 Å². The number of carbonyl (C=O) groups excluding carboxylic acids is 2. The topological polar surface area (TPSA) is 105 Å². The van der Waals surface area contributed by atoms with Crippen molar-refractivity contribution in [3.05, 3.63) is 34.3 Å². The van der Waals surface area contributed by atoms with Gasteiger partial charge in [0, 0.05) is 6.08 Å². The van der Waals surface area contributed by atoms with Crippen molar-refractivity contribution in [1.82, 2.24) is 15.2 Å². The fraction of sp³-hybridized carbons (Fsp3) is 0.231. The summed E-state index contributed by atoms with van der Waals surface area (Å²) in [6.45, 7) is 2.04. The predicted molar refractivity (Wildman–Crippen MR) is 83.0 cm³/mol. The maximum atomic E-state index is 11.8. The summed E-state index contributed by atoms with van der Waals surface area (Å²) in [6.07, 6.45) is 1.08. The molecular formula is C13H13N3O4S2. The molecule has 0 bridgehead atoms. The Morgan fingerprint density at radius 2 is 2.36 bits per heavy atom. The molecule has 0 radical (unpaired) electrons. The van der Waals surface area contributed by atoms with E-state index >= 15 is 0 Å². The van der Waals surface area contributed by atoms with E-state index in [-0.39, 0.29) is 34.2 Å². The van der Waals surface area contributed by atoms with Crippen LogP contribution in [0.1, 0.15) is 22.4 Å². The molecule has 2 rings (SSSR count). The van der Waals surface area contributed by atoms with Crippen molar-refractivity contribution in [3.8, 4) is 0 Å². The molecular weight excluding hydrogens is 326 g/mol. The zero-order valence-corrected chi connectivity index (χ0v) is 13.2. The molecule has 9 heteroatoms. The van der Waals surface area contributed by atoms with Crippen LogP contribution in [0.2, 0.25) is 0 Å². The summed E-state index contributed by atoms with van der Waals surface area (Å²) in [4.78, 5) is 27.6. The molecule has 0 fully saturated rings. The SMILES string of the molecule is CCOC(=O)CSc1n[nH]c(/C(O)=C\C(=O)c2cccs2)n1. The number of aromatic amines is 1. The van der Waals surface area contributed by atoms with Crippen LogP contribution in [0, 0.1) is 0 Å². The first kappa shape index (κ1) is 16.2. The molecule has 2 N–H and O–H groups in total. The Bertz CT molecular complexity index is 679. The van der Waals surface area contributed by atoms with Crippen LogP contribution in [0.15, 0.2) is 28.7 Å². The molecule has 22 heavy (non-hydrogen) atoms. The third-order valence-corrected chi connectivity index (χ3v) is 4.07. The summed E-state index contributed by atoms with van der Waals surface area (Å²) in [5.74, 6) is -0.856. The van der Waals surface area contributed by atoms with Crippen LogP contribution >= 0.6 is 23.1 Å². The molecule has 0 spiro atoms. The van der Waals surface area contributed by atoms with Crippen LogP contribution in [0.3, 0.4) is 0 Å². The van der Waals surface area contributed by atoms with E-state index in [0.29, 0.717) is 11.5 Å². The van der Waals surface area contributed by atoms with Gasteiger partial charge in [0.15, 0.2) is 17.4 Å². The number of carbonyl (C=O) groups is 2. The second-order valence-corrected chi connectivity index (χ2v) is 5.82. The van der Waals surface area contributed by atoms with Crippen LogP contribution in [-0.4, -0.2) is 44.4 Å². The number of H-pyrrole nitrogens is 1. The molecule has 0 atom stereocenters. The normalized spacial score (nSPS) is 11.4. The predicted octanol–water partition coefficient (Wildman–Crippen LogP) is 2.30. The van der Waals surface area contributed by atoms with Crippen LogP contribution in [0.4, 0.5) is 0 Å². The van der Waals surface area contributed by atoms with Crippen molar-refractivity contribution >= 4 is 40.6 Å². The number of nitrogens with zero attached hydrogens (tertiary/aromatic N) is 2. The number of nitrogens with one attached hydrogen (secondary N) is 1. The molecule has 7 nitrogen and oxygen atoms in total. The van der Waals surface area contributed by atoms with Crippen molar-refractivity contribution in [1.29, 1.82) is 0 Å². The van der Waals surface area contributed by atoms with Gasteiger partial charge in [0.1, 0.15) is 0 Å². The van der Waals surface area contributed by atoms with Gasteiger partial charge in [-0.1, -0.05) is 17.8 Å². The number of ether oxygens (including phenoxy) is 1. The average Bonchev–Trinajstić information content (AvgIpc) is 3.17. The number of rotatable bonds is 7. The molecule has 0 aliphatic rings. The van der Waals surface area contributed by atoms with Gasteiger partial charge >= 0.3 is 5.97 Å². The smallest absolute Gasteiger partial charge is 0.316 e. The summed E-state index contributed by atoms with van der Waals surface area (Å²) in [5, 5.41) is 18.3. The zero-order valence-electron chi connectivity index (χ0n) is 11.6. The van der Waals surface area contributed by atoms with E-state index in [1.54, 1.807) is 24.4 Å². The minimum Gasteiger partial charge on any atom is -0.504 e. The van der Waals surface area contributed by atoms with E-state index in [1.807, 2.05) is 0 Å². The summed E-state index contributed by atoms with van der Waals surface area (Å²) < 4.78 is 4.78. The Morgan fingerprint density at radius 1 is 1.55 bits per heavy atom. The molecule has 0 saturated carbocycles. The number of thioether (sulfide) groups is 1. The number of esters is 1. The van der Waals surface area contributed by atoms with Crippen molar-refractivity contribution in [3.63, 3.8) is 0 Å². The molecule has 0 aliphatic heterocycles. The summed E-state index contributed by atoms with van der Waals surface area (Å²) in [7, 11) is 0. The Morgan fingerprint density at radius 3 is 3.05 bits per heavy atom. The standard InChI is InChI=1S/C13H13N3O4S2/c1-2-20-11(19)7-22-13-14-12(15-16-13)9(18)6-8(17)10-4-3-5-21-10/h3-6,18H,2,7H2,1H3,(H,14,15,16)/b9-6+. The van der Waals surface area contributed by atoms with Gasteiger partial charge in [-0.3, -0.25) is 14.7 Å². The molecule has 2 heterocycles. The lowest BCUT2D eigenvalue weighted by atomic mass is 10.3. The number of ketones is 1. The van der Waals surface area contributed by atoms with Crippen LogP contribution in [0.25, 0.3) is 5.76 Å². The molecule has 0 aliphatic carbocycles. The minimum absolute atomic E-state index is 0.0660. The van der Waals surface area contributed by atoms with Gasteiger partial charge in [-0.2, -0.15) is 4.98 Å². The number of aliphatic hydroxyl groups is 1. The van der Waals surface area contributed by atoms with Crippen molar-refractivity contribution < 1.29 is 19.4 Å².